The summed E-state index contributed by atoms with van der Waals surface area (Å²) < 4.78 is 4.86. The molecule has 0 heterocycles. The summed E-state index contributed by atoms with van der Waals surface area (Å²) in [6.07, 6.45) is 0.683. The van der Waals surface area contributed by atoms with Crippen molar-refractivity contribution in [3.05, 3.63) is 0 Å². The van der Waals surface area contributed by atoms with Crippen molar-refractivity contribution in [2.24, 2.45) is 0 Å². The molecule has 2 atom stereocenters. The van der Waals surface area contributed by atoms with Crippen LogP contribution in [0.25, 0.3) is 0 Å². The van der Waals surface area contributed by atoms with Gasteiger partial charge in [-0.2, -0.15) is 11.8 Å². The molecule has 0 amide bonds. The van der Waals surface area contributed by atoms with Crippen molar-refractivity contribution in [2.75, 3.05) is 19.5 Å². The zero-order valence-corrected chi connectivity index (χ0v) is 12.3. The molecule has 0 aromatic rings. The van der Waals surface area contributed by atoms with Crippen molar-refractivity contribution in [3.8, 4) is 0 Å². The van der Waals surface area contributed by atoms with Crippen LogP contribution in [0.5, 0.6) is 0 Å². The van der Waals surface area contributed by atoms with E-state index in [9.17, 15) is 4.79 Å². The Morgan fingerprint density at radius 2 is 2.06 bits per heavy atom. The van der Waals surface area contributed by atoms with Gasteiger partial charge in [0.15, 0.2) is 0 Å². The Labute approximate surface area is 108 Å². The molecule has 0 aromatic heterocycles. The maximum atomic E-state index is 11.8. The summed E-state index contributed by atoms with van der Waals surface area (Å²) in [5, 5.41) is 12.3. The van der Waals surface area contributed by atoms with Gasteiger partial charge in [-0.1, -0.05) is 6.92 Å². The fraction of sp³-hybridized carbons (Fsp3) is 0.917. The van der Waals surface area contributed by atoms with Gasteiger partial charge in [0.25, 0.3) is 0 Å². The van der Waals surface area contributed by atoms with E-state index < -0.39 is 5.54 Å². The quantitative estimate of drug-likeness (QED) is 0.649. The molecular formula is C12H25NO3S. The van der Waals surface area contributed by atoms with Gasteiger partial charge >= 0.3 is 5.97 Å². The summed E-state index contributed by atoms with van der Waals surface area (Å²) in [6.45, 7) is 8.11. The Hall–Kier alpha value is -0.260. The minimum absolute atomic E-state index is 0.168. The number of ether oxygens (including phenoxy) is 1. The second-order valence-electron chi connectivity index (χ2n) is 4.73. The normalized spacial score (nSPS) is 16.6. The van der Waals surface area contributed by atoms with Gasteiger partial charge in [0.1, 0.15) is 5.54 Å². The molecule has 2 unspecified atom stereocenters. The number of esters is 1. The number of aliphatic hydroxyl groups excluding tert-OH is 1. The predicted molar refractivity (Wildman–Crippen MR) is 72.3 cm³/mol. The summed E-state index contributed by atoms with van der Waals surface area (Å²) >= 11 is 1.66. The van der Waals surface area contributed by atoms with Crippen molar-refractivity contribution < 1.29 is 14.6 Å². The average molecular weight is 263 g/mol. The van der Waals surface area contributed by atoms with Gasteiger partial charge in [-0.05, 0) is 27.2 Å². The Bertz CT molecular complexity index is 236. The van der Waals surface area contributed by atoms with Crippen LogP contribution < -0.4 is 5.32 Å². The lowest BCUT2D eigenvalue weighted by Gasteiger charge is -2.32. The van der Waals surface area contributed by atoms with Gasteiger partial charge in [-0.25, -0.2) is 0 Å². The van der Waals surface area contributed by atoms with E-state index in [1.165, 1.54) is 7.11 Å². The number of hydrogen-bond donors (Lipinski definition) is 2. The van der Waals surface area contributed by atoms with Gasteiger partial charge < -0.3 is 9.84 Å². The van der Waals surface area contributed by atoms with Crippen LogP contribution in [0.2, 0.25) is 0 Å². The van der Waals surface area contributed by atoms with Gasteiger partial charge in [0.2, 0.25) is 0 Å². The second-order valence-corrected chi connectivity index (χ2v) is 6.28. The van der Waals surface area contributed by atoms with Crippen LogP contribution in [0.3, 0.4) is 0 Å². The summed E-state index contributed by atoms with van der Waals surface area (Å²) in [5.74, 6) is 0.461. The van der Waals surface area contributed by atoms with Crippen molar-refractivity contribution in [2.45, 2.75) is 50.9 Å². The number of hydrogen-bond acceptors (Lipinski definition) is 5. The minimum atomic E-state index is -0.662. The number of carbonyl (C=O) groups is 1. The lowest BCUT2D eigenvalue weighted by atomic mass is 9.95. The molecular weight excluding hydrogens is 238 g/mol. The van der Waals surface area contributed by atoms with Crippen LogP contribution >= 0.6 is 11.8 Å². The van der Waals surface area contributed by atoms with E-state index in [2.05, 4.69) is 12.2 Å². The third-order valence-corrected chi connectivity index (χ3v) is 3.59. The molecule has 2 N–H and O–H groups in total. The number of aliphatic hydroxyl groups is 1. The number of carbonyl (C=O) groups excluding carboxylic acids is 1. The summed E-state index contributed by atoms with van der Waals surface area (Å²) in [7, 11) is 1.41. The zero-order chi connectivity index (χ0) is 13.5. The van der Waals surface area contributed by atoms with Crippen LogP contribution in [0.1, 0.15) is 34.1 Å². The first-order valence-corrected chi connectivity index (χ1v) is 6.99. The molecule has 0 radical (unpaired) electrons. The fourth-order valence-electron chi connectivity index (χ4n) is 1.95. The first-order valence-electron chi connectivity index (χ1n) is 5.94. The van der Waals surface area contributed by atoms with Crippen LogP contribution in [0.15, 0.2) is 0 Å². The average Bonchev–Trinajstić information content (AvgIpc) is 2.23. The van der Waals surface area contributed by atoms with Crippen molar-refractivity contribution >= 4 is 17.7 Å². The maximum absolute atomic E-state index is 11.8. The Kier molecular flexibility index (Phi) is 7.83. The van der Waals surface area contributed by atoms with E-state index in [1.54, 1.807) is 11.8 Å². The SMILES string of the molecule is COC(=O)C(C)(CC(C)SCCO)NC(C)C. The molecule has 17 heavy (non-hydrogen) atoms. The van der Waals surface area contributed by atoms with E-state index in [0.717, 1.165) is 0 Å². The largest absolute Gasteiger partial charge is 0.468 e. The molecule has 0 saturated carbocycles. The first kappa shape index (κ1) is 16.7. The monoisotopic (exact) mass is 263 g/mol. The van der Waals surface area contributed by atoms with E-state index in [-0.39, 0.29) is 23.9 Å². The molecule has 0 rings (SSSR count). The molecule has 4 nitrogen and oxygen atoms in total. The summed E-state index contributed by atoms with van der Waals surface area (Å²) in [5.41, 5.74) is -0.662. The van der Waals surface area contributed by atoms with Crippen LogP contribution in [0.4, 0.5) is 0 Å². The minimum Gasteiger partial charge on any atom is -0.468 e. The third kappa shape index (κ3) is 6.29. The molecule has 0 aliphatic rings. The van der Waals surface area contributed by atoms with Crippen LogP contribution in [-0.4, -0.2) is 47.4 Å². The molecule has 0 saturated heterocycles. The number of nitrogens with one attached hydrogen (secondary N) is 1. The van der Waals surface area contributed by atoms with Crippen molar-refractivity contribution in [1.29, 1.82) is 0 Å². The molecule has 0 bridgehead atoms. The highest BCUT2D eigenvalue weighted by molar-refractivity contribution is 7.99. The first-order chi connectivity index (χ1) is 7.85. The van der Waals surface area contributed by atoms with Gasteiger partial charge in [0, 0.05) is 17.0 Å². The molecule has 0 aliphatic heterocycles. The van der Waals surface area contributed by atoms with Crippen LogP contribution in [-0.2, 0) is 9.53 Å². The van der Waals surface area contributed by atoms with E-state index in [1.807, 2.05) is 20.8 Å². The topological polar surface area (TPSA) is 58.6 Å². The molecule has 0 aromatic carbocycles. The van der Waals surface area contributed by atoms with Crippen molar-refractivity contribution in [3.63, 3.8) is 0 Å². The number of methoxy groups -OCH3 is 1. The standard InChI is InChI=1S/C12H25NO3S/c1-9(2)13-12(4,11(15)16-5)8-10(3)17-7-6-14/h9-10,13-14H,6-8H2,1-5H3. The highest BCUT2D eigenvalue weighted by atomic mass is 32.2. The van der Waals surface area contributed by atoms with Gasteiger partial charge in [-0.3, -0.25) is 10.1 Å². The van der Waals surface area contributed by atoms with E-state index in [0.29, 0.717) is 12.2 Å². The Balaban J connectivity index is 4.52. The third-order valence-electron chi connectivity index (χ3n) is 2.43. The maximum Gasteiger partial charge on any atom is 0.325 e. The summed E-state index contributed by atoms with van der Waals surface area (Å²) in [4.78, 5) is 11.8. The molecule has 102 valence electrons. The van der Waals surface area contributed by atoms with Crippen molar-refractivity contribution in [1.82, 2.24) is 5.32 Å². The van der Waals surface area contributed by atoms with E-state index >= 15 is 0 Å². The lowest BCUT2D eigenvalue weighted by Crippen LogP contribution is -2.54. The van der Waals surface area contributed by atoms with Gasteiger partial charge in [-0.15, -0.1) is 0 Å². The Morgan fingerprint density at radius 1 is 1.47 bits per heavy atom. The fourth-order valence-corrected chi connectivity index (χ4v) is 2.91. The predicted octanol–water partition coefficient (Wildman–Crippen LogP) is 1.42. The number of thioether (sulfide) groups is 1. The highest BCUT2D eigenvalue weighted by Crippen LogP contribution is 2.23. The van der Waals surface area contributed by atoms with E-state index in [4.69, 9.17) is 9.84 Å². The van der Waals surface area contributed by atoms with Gasteiger partial charge in [0.05, 0.1) is 13.7 Å². The summed E-state index contributed by atoms with van der Waals surface area (Å²) in [6, 6.07) is 0.217. The second kappa shape index (κ2) is 7.95. The zero-order valence-electron chi connectivity index (χ0n) is 11.4. The molecule has 0 fully saturated rings. The molecule has 5 heteroatoms. The molecule has 0 aliphatic carbocycles. The Morgan fingerprint density at radius 3 is 2.47 bits per heavy atom. The lowest BCUT2D eigenvalue weighted by molar-refractivity contribution is -0.148. The smallest absolute Gasteiger partial charge is 0.325 e. The van der Waals surface area contributed by atoms with Crippen LogP contribution in [0, 0.1) is 0 Å². The molecule has 0 spiro atoms. The highest BCUT2D eigenvalue weighted by Gasteiger charge is 2.36. The number of rotatable bonds is 8.